The van der Waals surface area contributed by atoms with Crippen LogP contribution >= 0.6 is 34.3 Å². The van der Waals surface area contributed by atoms with E-state index in [4.69, 9.17) is 11.6 Å². The second kappa shape index (κ2) is 4.60. The zero-order valence-corrected chi connectivity index (χ0v) is 11.1. The van der Waals surface area contributed by atoms with Crippen LogP contribution in [0, 0.1) is 0 Å². The molecule has 6 heteroatoms. The Kier molecular flexibility index (Phi) is 2.96. The van der Waals surface area contributed by atoms with Crippen molar-refractivity contribution < 1.29 is 0 Å². The fraction of sp³-hybridized carbons (Fsp3) is 0.0909. The molecule has 0 saturated heterocycles. The quantitative estimate of drug-likeness (QED) is 0.792. The van der Waals surface area contributed by atoms with Gasteiger partial charge in [-0.25, -0.2) is 9.97 Å². The van der Waals surface area contributed by atoms with Crippen LogP contribution in [-0.4, -0.2) is 15.0 Å². The Bertz CT molecular complexity index is 612. The molecular formula is C11H8ClN3S2. The number of aromatic amines is 1. The lowest BCUT2D eigenvalue weighted by Gasteiger charge is -1.91. The molecule has 0 aromatic carbocycles. The van der Waals surface area contributed by atoms with E-state index in [0.29, 0.717) is 0 Å². The predicted molar refractivity (Wildman–Crippen MR) is 71.8 cm³/mol. The van der Waals surface area contributed by atoms with Crippen LogP contribution in [0.4, 0.5) is 0 Å². The highest BCUT2D eigenvalue weighted by molar-refractivity contribution is 7.19. The van der Waals surface area contributed by atoms with Crippen LogP contribution in [0.5, 0.6) is 0 Å². The highest BCUT2D eigenvalue weighted by Crippen LogP contribution is 2.31. The topological polar surface area (TPSA) is 41.6 Å². The van der Waals surface area contributed by atoms with Gasteiger partial charge in [0.1, 0.15) is 0 Å². The molecule has 3 heterocycles. The van der Waals surface area contributed by atoms with Crippen LogP contribution in [-0.2, 0) is 6.42 Å². The molecule has 0 aliphatic heterocycles. The summed E-state index contributed by atoms with van der Waals surface area (Å²) in [6, 6.07) is 3.90. The van der Waals surface area contributed by atoms with E-state index in [-0.39, 0.29) is 0 Å². The molecule has 0 fully saturated rings. The van der Waals surface area contributed by atoms with Gasteiger partial charge in [0.15, 0.2) is 0 Å². The number of thiophene rings is 1. The molecule has 3 aromatic rings. The Morgan fingerprint density at radius 1 is 1.35 bits per heavy atom. The lowest BCUT2D eigenvalue weighted by Crippen LogP contribution is -1.86. The van der Waals surface area contributed by atoms with Crippen molar-refractivity contribution in [2.24, 2.45) is 0 Å². The number of nitrogens with one attached hydrogen (secondary N) is 1. The minimum absolute atomic E-state index is 0.795. The summed E-state index contributed by atoms with van der Waals surface area (Å²) < 4.78 is 0.795. The third-order valence-electron chi connectivity index (χ3n) is 2.27. The highest BCUT2D eigenvalue weighted by Gasteiger charge is 2.07. The molecule has 3 aromatic heterocycles. The van der Waals surface area contributed by atoms with Crippen molar-refractivity contribution in [3.63, 3.8) is 0 Å². The lowest BCUT2D eigenvalue weighted by molar-refractivity contribution is 1.08. The van der Waals surface area contributed by atoms with Crippen LogP contribution in [0.1, 0.15) is 10.7 Å². The highest BCUT2D eigenvalue weighted by atomic mass is 35.5. The van der Waals surface area contributed by atoms with E-state index in [1.807, 2.05) is 18.3 Å². The summed E-state index contributed by atoms with van der Waals surface area (Å²) in [6.45, 7) is 0. The van der Waals surface area contributed by atoms with Crippen molar-refractivity contribution in [2.75, 3.05) is 0 Å². The normalized spacial score (nSPS) is 10.9. The van der Waals surface area contributed by atoms with Crippen molar-refractivity contribution >= 4 is 34.3 Å². The first-order chi connectivity index (χ1) is 8.31. The molecule has 0 saturated carbocycles. The molecule has 0 atom stereocenters. The summed E-state index contributed by atoms with van der Waals surface area (Å²) in [5, 5.41) is 3.14. The predicted octanol–water partition coefficient (Wildman–Crippen LogP) is 3.84. The first-order valence-corrected chi connectivity index (χ1v) is 7.06. The second-order valence-electron chi connectivity index (χ2n) is 3.48. The maximum absolute atomic E-state index is 5.91. The standard InChI is InChI=1S/C11H8ClN3S2/c12-10-2-1-9(17-10)8-5-16-11(15-8)3-7-4-13-6-14-7/h1-2,4-6H,3H2,(H,13,14). The molecule has 0 aliphatic rings. The monoisotopic (exact) mass is 281 g/mol. The van der Waals surface area contributed by atoms with Crippen LogP contribution in [0.2, 0.25) is 4.34 Å². The summed E-state index contributed by atoms with van der Waals surface area (Å²) in [7, 11) is 0. The van der Waals surface area contributed by atoms with Gasteiger partial charge in [0.25, 0.3) is 0 Å². The fourth-order valence-electron chi connectivity index (χ4n) is 1.50. The third kappa shape index (κ3) is 2.41. The summed E-state index contributed by atoms with van der Waals surface area (Å²) in [4.78, 5) is 12.8. The second-order valence-corrected chi connectivity index (χ2v) is 6.14. The SMILES string of the molecule is Clc1ccc(-c2csc(Cc3cnc[nH]3)n2)s1. The fourth-order valence-corrected chi connectivity index (χ4v) is 3.40. The minimum Gasteiger partial charge on any atom is -0.348 e. The van der Waals surface area contributed by atoms with Crippen molar-refractivity contribution in [1.29, 1.82) is 0 Å². The van der Waals surface area contributed by atoms with Gasteiger partial charge in [0.2, 0.25) is 0 Å². The number of rotatable bonds is 3. The summed E-state index contributed by atoms with van der Waals surface area (Å²) in [6.07, 6.45) is 4.30. The van der Waals surface area contributed by atoms with Crippen LogP contribution in [0.25, 0.3) is 10.6 Å². The Morgan fingerprint density at radius 3 is 3.00 bits per heavy atom. The molecule has 1 N–H and O–H groups in total. The molecule has 0 spiro atoms. The largest absolute Gasteiger partial charge is 0.348 e. The first-order valence-electron chi connectivity index (χ1n) is 4.98. The number of H-pyrrole nitrogens is 1. The smallest absolute Gasteiger partial charge is 0.0992 e. The number of imidazole rings is 1. The van der Waals surface area contributed by atoms with Gasteiger partial charge < -0.3 is 4.98 Å². The Hall–Kier alpha value is -1.17. The molecule has 0 radical (unpaired) electrons. The Labute approximate surface area is 111 Å². The summed E-state index contributed by atoms with van der Waals surface area (Å²) in [5.74, 6) is 0. The van der Waals surface area contributed by atoms with Crippen molar-refractivity contribution in [2.45, 2.75) is 6.42 Å². The molecular weight excluding hydrogens is 274 g/mol. The lowest BCUT2D eigenvalue weighted by atomic mass is 10.3. The van der Waals surface area contributed by atoms with E-state index in [9.17, 15) is 0 Å². The molecule has 0 unspecified atom stereocenters. The van der Waals surface area contributed by atoms with Crippen molar-refractivity contribution in [3.8, 4) is 10.6 Å². The van der Waals surface area contributed by atoms with Gasteiger partial charge in [-0.1, -0.05) is 11.6 Å². The van der Waals surface area contributed by atoms with Crippen molar-refractivity contribution in [3.05, 3.63) is 45.1 Å². The molecule has 3 nitrogen and oxygen atoms in total. The maximum Gasteiger partial charge on any atom is 0.0992 e. The average Bonchev–Trinajstić information content (AvgIpc) is 2.99. The molecule has 0 aliphatic carbocycles. The van der Waals surface area contributed by atoms with E-state index in [1.54, 1.807) is 29.0 Å². The minimum atomic E-state index is 0.795. The van der Waals surface area contributed by atoms with E-state index >= 15 is 0 Å². The zero-order chi connectivity index (χ0) is 11.7. The van der Waals surface area contributed by atoms with Gasteiger partial charge in [-0.15, -0.1) is 22.7 Å². The number of nitrogens with zero attached hydrogens (tertiary/aromatic N) is 2. The van der Waals surface area contributed by atoms with Gasteiger partial charge in [-0.3, -0.25) is 0 Å². The molecule has 86 valence electrons. The number of aromatic nitrogens is 3. The van der Waals surface area contributed by atoms with E-state index in [1.165, 1.54) is 0 Å². The number of halogens is 1. The number of thiazole rings is 1. The maximum atomic E-state index is 5.91. The molecule has 17 heavy (non-hydrogen) atoms. The molecule has 3 rings (SSSR count). The zero-order valence-electron chi connectivity index (χ0n) is 8.68. The Balaban J connectivity index is 1.83. The van der Waals surface area contributed by atoms with Gasteiger partial charge >= 0.3 is 0 Å². The van der Waals surface area contributed by atoms with Crippen LogP contribution < -0.4 is 0 Å². The van der Waals surface area contributed by atoms with Gasteiger partial charge in [-0.05, 0) is 12.1 Å². The molecule has 0 bridgehead atoms. The van der Waals surface area contributed by atoms with Crippen LogP contribution in [0.3, 0.4) is 0 Å². The first kappa shape index (κ1) is 11.0. The third-order valence-corrected chi connectivity index (χ3v) is 4.38. The van der Waals surface area contributed by atoms with E-state index in [2.05, 4.69) is 20.3 Å². The van der Waals surface area contributed by atoms with Crippen molar-refractivity contribution in [1.82, 2.24) is 15.0 Å². The van der Waals surface area contributed by atoms with Gasteiger partial charge in [-0.2, -0.15) is 0 Å². The molecule has 0 amide bonds. The van der Waals surface area contributed by atoms with Crippen LogP contribution in [0.15, 0.2) is 30.0 Å². The van der Waals surface area contributed by atoms with E-state index < -0.39 is 0 Å². The van der Waals surface area contributed by atoms with Gasteiger partial charge in [0, 0.05) is 23.7 Å². The average molecular weight is 282 g/mol. The van der Waals surface area contributed by atoms with E-state index in [0.717, 1.165) is 32.0 Å². The number of hydrogen-bond acceptors (Lipinski definition) is 4. The summed E-state index contributed by atoms with van der Waals surface area (Å²) >= 11 is 9.12. The summed E-state index contributed by atoms with van der Waals surface area (Å²) in [5.41, 5.74) is 2.08. The van der Waals surface area contributed by atoms with Gasteiger partial charge in [0.05, 0.1) is 26.2 Å². The Morgan fingerprint density at radius 2 is 2.29 bits per heavy atom. The number of hydrogen-bond donors (Lipinski definition) is 1.